The van der Waals surface area contributed by atoms with Crippen LogP contribution in [0.2, 0.25) is 0 Å². The number of carboxylic acids is 1. The number of aliphatic carboxylic acids is 1. The lowest BCUT2D eigenvalue weighted by Gasteiger charge is -2.27. The predicted molar refractivity (Wildman–Crippen MR) is 93.4 cm³/mol. The number of carbonyl (C=O) groups is 2. The Morgan fingerprint density at radius 3 is 2.38 bits per heavy atom. The number of ether oxygens (including phenoxy) is 1. The molecule has 134 valence electrons. The Bertz CT molecular complexity index is 576. The molecule has 1 aromatic carbocycles. The highest BCUT2D eigenvalue weighted by molar-refractivity contribution is 9.10. The summed E-state index contributed by atoms with van der Waals surface area (Å²) >= 11 is 3.14. The first-order chi connectivity index (χ1) is 11.4. The van der Waals surface area contributed by atoms with Crippen molar-refractivity contribution in [3.8, 4) is 0 Å². The van der Waals surface area contributed by atoms with Crippen molar-refractivity contribution in [1.29, 1.82) is 0 Å². The topological polar surface area (TPSA) is 63.6 Å². The zero-order valence-electron chi connectivity index (χ0n) is 14.1. The van der Waals surface area contributed by atoms with Crippen LogP contribution in [0.1, 0.15) is 57.4 Å². The van der Waals surface area contributed by atoms with E-state index in [-0.39, 0.29) is 12.0 Å². The van der Waals surface area contributed by atoms with Gasteiger partial charge < -0.3 is 9.84 Å². The molecule has 0 aromatic heterocycles. The number of benzene rings is 1. The van der Waals surface area contributed by atoms with Crippen molar-refractivity contribution >= 4 is 27.9 Å². The molecule has 1 unspecified atom stereocenters. The Balaban J connectivity index is 3.07. The fourth-order valence-corrected chi connectivity index (χ4v) is 3.17. The van der Waals surface area contributed by atoms with Crippen molar-refractivity contribution in [1.82, 2.24) is 0 Å². The van der Waals surface area contributed by atoms with Gasteiger partial charge in [-0.3, -0.25) is 9.59 Å². The maximum Gasteiger partial charge on any atom is 0.327 e. The van der Waals surface area contributed by atoms with E-state index in [2.05, 4.69) is 22.9 Å². The highest BCUT2D eigenvalue weighted by Crippen LogP contribution is 2.35. The number of carboxylic acid groups (broad SMARTS) is 1. The summed E-state index contributed by atoms with van der Waals surface area (Å²) < 4.78 is 19.6. The number of hydrogen-bond donors (Lipinski definition) is 1. The first-order valence-corrected chi connectivity index (χ1v) is 8.96. The maximum atomic E-state index is 14.4. The van der Waals surface area contributed by atoms with E-state index >= 15 is 0 Å². The quantitative estimate of drug-likeness (QED) is 0.345. The van der Waals surface area contributed by atoms with Gasteiger partial charge in [-0.25, -0.2) is 4.39 Å². The summed E-state index contributed by atoms with van der Waals surface area (Å²) in [7, 11) is 1.12. The van der Waals surface area contributed by atoms with Gasteiger partial charge in [0.15, 0.2) is 5.41 Å². The molecular weight excluding hydrogens is 379 g/mol. The third-order valence-electron chi connectivity index (χ3n) is 4.20. The standard InChI is InChI=1S/C18H24BrFO4/c1-3-4-5-6-7-8-11-18(16(21)22,17(23)24-2)14-10-9-13(19)12-15(14)20/h9-10,12H,3-8,11H2,1-2H3,(H,21,22). The molecule has 0 amide bonds. The van der Waals surface area contributed by atoms with Gasteiger partial charge in [-0.2, -0.15) is 0 Å². The third kappa shape index (κ3) is 4.79. The van der Waals surface area contributed by atoms with Crippen molar-refractivity contribution in [3.63, 3.8) is 0 Å². The molecular formula is C18H24BrFO4. The van der Waals surface area contributed by atoms with Gasteiger partial charge in [0.25, 0.3) is 0 Å². The fraction of sp³-hybridized carbons (Fsp3) is 0.556. The Morgan fingerprint density at radius 2 is 1.83 bits per heavy atom. The van der Waals surface area contributed by atoms with Crippen LogP contribution in [0.15, 0.2) is 22.7 Å². The first kappa shape index (κ1) is 20.6. The summed E-state index contributed by atoms with van der Waals surface area (Å²) in [5.74, 6) is -3.06. The van der Waals surface area contributed by atoms with Crippen molar-refractivity contribution in [3.05, 3.63) is 34.1 Å². The van der Waals surface area contributed by atoms with E-state index in [0.29, 0.717) is 10.9 Å². The van der Waals surface area contributed by atoms with Crippen LogP contribution in [0.3, 0.4) is 0 Å². The molecule has 0 radical (unpaired) electrons. The summed E-state index contributed by atoms with van der Waals surface area (Å²) in [6.07, 6.45) is 5.60. The van der Waals surface area contributed by atoms with E-state index < -0.39 is 23.2 Å². The molecule has 0 fully saturated rings. The van der Waals surface area contributed by atoms with Crippen LogP contribution in [0.4, 0.5) is 4.39 Å². The minimum absolute atomic E-state index is 0.0136. The molecule has 0 aliphatic rings. The largest absolute Gasteiger partial charge is 0.480 e. The predicted octanol–water partition coefficient (Wildman–Crippen LogP) is 4.83. The third-order valence-corrected chi connectivity index (χ3v) is 4.69. The molecule has 0 saturated carbocycles. The monoisotopic (exact) mass is 402 g/mol. The second-order valence-corrected chi connectivity index (χ2v) is 6.76. The van der Waals surface area contributed by atoms with Crippen LogP contribution in [0.25, 0.3) is 0 Å². The second kappa shape index (κ2) is 9.77. The van der Waals surface area contributed by atoms with Crippen LogP contribution in [0, 0.1) is 5.82 Å². The highest BCUT2D eigenvalue weighted by atomic mass is 79.9. The minimum atomic E-state index is -2.01. The van der Waals surface area contributed by atoms with Crippen molar-refractivity contribution in [2.24, 2.45) is 0 Å². The molecule has 6 heteroatoms. The highest BCUT2D eigenvalue weighted by Gasteiger charge is 2.50. The van der Waals surface area contributed by atoms with Gasteiger partial charge in [0.1, 0.15) is 5.82 Å². The van der Waals surface area contributed by atoms with Crippen molar-refractivity contribution < 1.29 is 23.8 Å². The number of carbonyl (C=O) groups excluding carboxylic acids is 1. The van der Waals surface area contributed by atoms with Gasteiger partial charge in [0.2, 0.25) is 0 Å². The van der Waals surface area contributed by atoms with Crippen LogP contribution in [-0.4, -0.2) is 24.2 Å². The van der Waals surface area contributed by atoms with Gasteiger partial charge in [-0.05, 0) is 18.6 Å². The SMILES string of the molecule is CCCCCCCCC(C(=O)O)(C(=O)OC)c1ccc(Br)cc1F. The molecule has 1 N–H and O–H groups in total. The Morgan fingerprint density at radius 1 is 1.21 bits per heavy atom. The van der Waals surface area contributed by atoms with Crippen LogP contribution in [0.5, 0.6) is 0 Å². The number of hydrogen-bond acceptors (Lipinski definition) is 3. The molecule has 0 spiro atoms. The summed E-state index contributed by atoms with van der Waals surface area (Å²) in [4.78, 5) is 24.2. The first-order valence-electron chi connectivity index (χ1n) is 8.17. The number of halogens is 2. The minimum Gasteiger partial charge on any atom is -0.480 e. The van der Waals surface area contributed by atoms with Gasteiger partial charge >= 0.3 is 11.9 Å². The zero-order chi connectivity index (χ0) is 18.2. The molecule has 1 aromatic rings. The van der Waals surface area contributed by atoms with Gasteiger partial charge in [-0.1, -0.05) is 67.4 Å². The molecule has 0 heterocycles. The zero-order valence-corrected chi connectivity index (χ0v) is 15.7. The van der Waals surface area contributed by atoms with E-state index in [9.17, 15) is 19.1 Å². The Hall–Kier alpha value is -1.43. The smallest absolute Gasteiger partial charge is 0.327 e. The molecule has 0 aliphatic carbocycles. The Labute approximate surface area is 150 Å². The van der Waals surface area contributed by atoms with Gasteiger partial charge in [0, 0.05) is 10.0 Å². The van der Waals surface area contributed by atoms with Crippen molar-refractivity contribution in [2.45, 2.75) is 57.3 Å². The number of rotatable bonds is 10. The van der Waals surface area contributed by atoms with E-state index in [1.54, 1.807) is 0 Å². The molecule has 4 nitrogen and oxygen atoms in total. The molecule has 0 aliphatic heterocycles. The van der Waals surface area contributed by atoms with E-state index in [1.165, 1.54) is 12.1 Å². The Kier molecular flexibility index (Phi) is 8.39. The summed E-state index contributed by atoms with van der Waals surface area (Å²) in [6, 6.07) is 4.03. The normalized spacial score (nSPS) is 13.3. The van der Waals surface area contributed by atoms with Crippen LogP contribution < -0.4 is 0 Å². The lowest BCUT2D eigenvalue weighted by molar-refractivity contribution is -0.160. The maximum absolute atomic E-state index is 14.4. The number of methoxy groups -OCH3 is 1. The van der Waals surface area contributed by atoms with Gasteiger partial charge in [-0.15, -0.1) is 0 Å². The fourth-order valence-electron chi connectivity index (χ4n) is 2.84. The summed E-state index contributed by atoms with van der Waals surface area (Å²) in [6.45, 7) is 2.11. The summed E-state index contributed by atoms with van der Waals surface area (Å²) in [5, 5.41) is 9.73. The molecule has 1 atom stereocenters. The van der Waals surface area contributed by atoms with E-state index in [4.69, 9.17) is 4.74 Å². The van der Waals surface area contributed by atoms with E-state index in [0.717, 1.165) is 45.3 Å². The second-order valence-electron chi connectivity index (χ2n) is 5.84. The van der Waals surface area contributed by atoms with Crippen LogP contribution >= 0.6 is 15.9 Å². The molecule has 0 bridgehead atoms. The molecule has 1 rings (SSSR count). The number of esters is 1. The van der Waals surface area contributed by atoms with Crippen molar-refractivity contribution in [2.75, 3.05) is 7.11 Å². The molecule has 24 heavy (non-hydrogen) atoms. The lowest BCUT2D eigenvalue weighted by Crippen LogP contribution is -2.45. The average Bonchev–Trinajstić information content (AvgIpc) is 2.54. The lowest BCUT2D eigenvalue weighted by atomic mass is 9.75. The van der Waals surface area contributed by atoms with E-state index in [1.807, 2.05) is 0 Å². The average molecular weight is 403 g/mol. The number of unbranched alkanes of at least 4 members (excludes halogenated alkanes) is 5. The molecule has 0 saturated heterocycles. The van der Waals surface area contributed by atoms with Gasteiger partial charge in [0.05, 0.1) is 7.11 Å². The summed E-state index contributed by atoms with van der Waals surface area (Å²) in [5.41, 5.74) is -2.16. The van der Waals surface area contributed by atoms with Crippen LogP contribution in [-0.2, 0) is 19.7 Å².